The van der Waals surface area contributed by atoms with Gasteiger partial charge in [-0.2, -0.15) is 0 Å². The Balaban J connectivity index is 1.84. The summed E-state index contributed by atoms with van der Waals surface area (Å²) in [7, 11) is -2.58. The predicted molar refractivity (Wildman–Crippen MR) is 126 cm³/mol. The molecule has 0 radical (unpaired) electrons. The zero-order valence-electron chi connectivity index (χ0n) is 18.8. The normalized spacial score (nSPS) is 20.0. The van der Waals surface area contributed by atoms with Gasteiger partial charge < -0.3 is 19.6 Å². The Morgan fingerprint density at radius 3 is 2.03 bits per heavy atom. The molecule has 3 rings (SSSR count). The Bertz CT molecular complexity index is 717. The lowest BCUT2D eigenvalue weighted by molar-refractivity contribution is -0.189. The number of hydrogen-bond donors (Lipinski definition) is 1. The minimum Gasteiger partial charge on any atom is -0.406 e. The quantitative estimate of drug-likeness (QED) is 0.651. The van der Waals surface area contributed by atoms with E-state index in [4.69, 9.17) is 19.6 Å². The van der Waals surface area contributed by atoms with Crippen molar-refractivity contribution in [3.63, 3.8) is 0 Å². The number of ether oxygens (including phenoxy) is 2. The Morgan fingerprint density at radius 1 is 1.00 bits per heavy atom. The molecule has 164 valence electrons. The largest absolute Gasteiger partial charge is 0.406 e. The number of rotatable bonds is 8. The Labute approximate surface area is 182 Å². The lowest BCUT2D eigenvalue weighted by Gasteiger charge is -2.44. The second-order valence-electron chi connectivity index (χ2n) is 9.28. The predicted octanol–water partition coefficient (Wildman–Crippen LogP) is 3.82. The van der Waals surface area contributed by atoms with Crippen molar-refractivity contribution in [2.24, 2.45) is 5.73 Å². The van der Waals surface area contributed by atoms with Crippen LogP contribution in [0.2, 0.25) is 5.04 Å². The highest BCUT2D eigenvalue weighted by Gasteiger charge is 2.50. The third kappa shape index (κ3) is 5.21. The molecular formula is C25H37NO3Si. The average molecular weight is 428 g/mol. The fourth-order valence-corrected chi connectivity index (χ4v) is 8.88. The van der Waals surface area contributed by atoms with Crippen LogP contribution in [0.3, 0.4) is 0 Å². The van der Waals surface area contributed by atoms with Crippen molar-refractivity contribution in [1.29, 1.82) is 0 Å². The van der Waals surface area contributed by atoms with E-state index in [1.807, 2.05) is 6.92 Å². The van der Waals surface area contributed by atoms with Gasteiger partial charge in [-0.05, 0) is 41.6 Å². The van der Waals surface area contributed by atoms with E-state index >= 15 is 0 Å². The highest BCUT2D eigenvalue weighted by Crippen LogP contribution is 2.36. The lowest BCUT2D eigenvalue weighted by atomic mass is 10.2. The summed E-state index contributed by atoms with van der Waals surface area (Å²) in [5.41, 5.74) is 6.56. The molecule has 0 saturated carbocycles. The molecule has 2 aromatic carbocycles. The molecule has 3 atom stereocenters. The first kappa shape index (κ1) is 23.2. The second-order valence-corrected chi connectivity index (χ2v) is 13.6. The summed E-state index contributed by atoms with van der Waals surface area (Å²) in [6, 6.07) is 21.1. The van der Waals surface area contributed by atoms with Gasteiger partial charge >= 0.3 is 0 Å². The number of benzene rings is 2. The molecule has 2 aromatic rings. The number of nitrogens with two attached hydrogens (primary N) is 1. The van der Waals surface area contributed by atoms with Crippen LogP contribution in [0.5, 0.6) is 0 Å². The number of hydrogen-bond acceptors (Lipinski definition) is 4. The maximum absolute atomic E-state index is 6.93. The zero-order chi connectivity index (χ0) is 21.6. The first-order valence-electron chi connectivity index (χ1n) is 11.1. The molecule has 1 unspecified atom stereocenters. The molecule has 0 bridgehead atoms. The van der Waals surface area contributed by atoms with E-state index in [0.29, 0.717) is 6.61 Å². The SMILES string of the molecule is C[C@@H](OC1CCCCO1)[C@H](N)CO[Si](c1ccccc1)(c1ccccc1)C(C)(C)C. The topological polar surface area (TPSA) is 53.7 Å². The first-order valence-corrected chi connectivity index (χ1v) is 13.0. The van der Waals surface area contributed by atoms with Crippen molar-refractivity contribution < 1.29 is 13.9 Å². The molecule has 1 fully saturated rings. The van der Waals surface area contributed by atoms with Crippen molar-refractivity contribution >= 4 is 18.7 Å². The average Bonchev–Trinajstić information content (AvgIpc) is 2.75. The summed E-state index contributed by atoms with van der Waals surface area (Å²) in [5.74, 6) is 0. The van der Waals surface area contributed by atoms with E-state index in [-0.39, 0.29) is 23.5 Å². The van der Waals surface area contributed by atoms with Crippen molar-refractivity contribution in [3.8, 4) is 0 Å². The fourth-order valence-electron chi connectivity index (χ4n) is 4.28. The molecule has 4 nitrogen and oxygen atoms in total. The van der Waals surface area contributed by atoms with Gasteiger partial charge in [-0.3, -0.25) is 0 Å². The summed E-state index contributed by atoms with van der Waals surface area (Å²) in [6.07, 6.45) is 2.91. The van der Waals surface area contributed by atoms with Crippen LogP contribution in [0, 0.1) is 0 Å². The molecule has 1 aliphatic rings. The Hall–Kier alpha value is -1.50. The van der Waals surface area contributed by atoms with Crippen LogP contribution in [0.15, 0.2) is 60.7 Å². The van der Waals surface area contributed by atoms with Crippen molar-refractivity contribution in [2.75, 3.05) is 13.2 Å². The van der Waals surface area contributed by atoms with E-state index in [0.717, 1.165) is 25.9 Å². The van der Waals surface area contributed by atoms with Crippen LogP contribution >= 0.6 is 0 Å². The zero-order valence-corrected chi connectivity index (χ0v) is 19.8. The van der Waals surface area contributed by atoms with Gasteiger partial charge in [0.2, 0.25) is 0 Å². The Kier molecular flexibility index (Phi) is 7.88. The van der Waals surface area contributed by atoms with E-state index in [2.05, 4.69) is 81.4 Å². The molecule has 0 spiro atoms. The molecule has 1 heterocycles. The highest BCUT2D eigenvalue weighted by molar-refractivity contribution is 6.99. The third-order valence-electron chi connectivity index (χ3n) is 6.02. The maximum Gasteiger partial charge on any atom is 0.261 e. The molecule has 1 aliphatic heterocycles. The summed E-state index contributed by atoms with van der Waals surface area (Å²) >= 11 is 0. The molecule has 1 saturated heterocycles. The minimum atomic E-state index is -2.58. The summed E-state index contributed by atoms with van der Waals surface area (Å²) in [6.45, 7) is 10.1. The first-order chi connectivity index (χ1) is 14.3. The maximum atomic E-state index is 6.93. The molecule has 2 N–H and O–H groups in total. The molecule has 0 aromatic heterocycles. The van der Waals surface area contributed by atoms with Gasteiger partial charge in [-0.1, -0.05) is 81.4 Å². The highest BCUT2D eigenvalue weighted by atomic mass is 28.4. The van der Waals surface area contributed by atoms with Crippen LogP contribution in [-0.4, -0.2) is 40.0 Å². The van der Waals surface area contributed by atoms with Crippen molar-refractivity contribution in [3.05, 3.63) is 60.7 Å². The van der Waals surface area contributed by atoms with Gasteiger partial charge in [0, 0.05) is 6.61 Å². The third-order valence-corrected chi connectivity index (χ3v) is 11.0. The Morgan fingerprint density at radius 2 is 1.57 bits per heavy atom. The monoisotopic (exact) mass is 427 g/mol. The van der Waals surface area contributed by atoms with Crippen LogP contribution < -0.4 is 16.1 Å². The van der Waals surface area contributed by atoms with Crippen molar-refractivity contribution in [1.82, 2.24) is 0 Å². The van der Waals surface area contributed by atoms with Crippen molar-refractivity contribution in [2.45, 2.75) is 70.4 Å². The van der Waals surface area contributed by atoms with Crippen LogP contribution in [-0.2, 0) is 13.9 Å². The lowest BCUT2D eigenvalue weighted by Crippen LogP contribution is -2.67. The van der Waals surface area contributed by atoms with Gasteiger partial charge in [0.1, 0.15) is 0 Å². The molecule has 30 heavy (non-hydrogen) atoms. The molecule has 0 aliphatic carbocycles. The van der Waals surface area contributed by atoms with Crippen LogP contribution in [0.4, 0.5) is 0 Å². The summed E-state index contributed by atoms with van der Waals surface area (Å²) in [4.78, 5) is 0. The van der Waals surface area contributed by atoms with Gasteiger partial charge in [-0.25, -0.2) is 0 Å². The molecular weight excluding hydrogens is 390 g/mol. The molecule has 0 amide bonds. The summed E-state index contributed by atoms with van der Waals surface area (Å²) in [5, 5.41) is 2.46. The standard InChI is InChI=1S/C25H37NO3Si/c1-20(29-24-17-11-12-18-27-24)23(26)19-28-30(25(2,3)4,21-13-7-5-8-14-21)22-15-9-6-10-16-22/h5-10,13-16,20,23-24H,11-12,17-19,26H2,1-4H3/t20-,23-,24?/m1/s1. The van der Waals surface area contributed by atoms with E-state index in [1.54, 1.807) is 0 Å². The van der Waals surface area contributed by atoms with Crippen LogP contribution in [0.25, 0.3) is 0 Å². The van der Waals surface area contributed by atoms with Gasteiger partial charge in [0.05, 0.1) is 18.8 Å². The second kappa shape index (κ2) is 10.2. The fraction of sp³-hybridized carbons (Fsp3) is 0.520. The van der Waals surface area contributed by atoms with Gasteiger partial charge in [0.15, 0.2) is 6.29 Å². The van der Waals surface area contributed by atoms with E-state index < -0.39 is 8.32 Å². The van der Waals surface area contributed by atoms with E-state index in [9.17, 15) is 0 Å². The van der Waals surface area contributed by atoms with Crippen LogP contribution in [0.1, 0.15) is 47.0 Å². The summed E-state index contributed by atoms with van der Waals surface area (Å²) < 4.78 is 18.8. The van der Waals surface area contributed by atoms with Gasteiger partial charge in [-0.15, -0.1) is 0 Å². The van der Waals surface area contributed by atoms with Gasteiger partial charge in [0.25, 0.3) is 8.32 Å². The van der Waals surface area contributed by atoms with E-state index in [1.165, 1.54) is 10.4 Å². The molecule has 5 heteroatoms. The smallest absolute Gasteiger partial charge is 0.261 e. The minimum absolute atomic E-state index is 0.0635.